The van der Waals surface area contributed by atoms with Gasteiger partial charge in [-0.05, 0) is 57.3 Å². The lowest BCUT2D eigenvalue weighted by Gasteiger charge is -2.44. The minimum absolute atomic E-state index is 0. The number of benzene rings is 2. The summed E-state index contributed by atoms with van der Waals surface area (Å²) in [6.07, 6.45) is 3.20. The lowest BCUT2D eigenvalue weighted by atomic mass is 9.99. The second-order valence-electron chi connectivity index (χ2n) is 8.69. The van der Waals surface area contributed by atoms with Gasteiger partial charge in [-0.25, -0.2) is 0 Å². The Labute approximate surface area is 198 Å². The molecule has 0 aliphatic carbocycles. The summed E-state index contributed by atoms with van der Waals surface area (Å²) in [7, 11) is 7.52. The molecule has 1 heterocycles. The lowest BCUT2D eigenvalue weighted by Crippen LogP contribution is -2.57. The van der Waals surface area contributed by atoms with E-state index in [0.717, 1.165) is 41.0 Å². The van der Waals surface area contributed by atoms with Crippen molar-refractivity contribution in [1.29, 1.82) is 0 Å². The monoisotopic (exact) mass is 451 g/mol. The van der Waals surface area contributed by atoms with Gasteiger partial charge in [0.2, 0.25) is 0 Å². The van der Waals surface area contributed by atoms with Gasteiger partial charge in [0.25, 0.3) is 5.91 Å². The number of aryl methyl sites for hydroxylation is 1. The number of amides is 1. The number of ether oxygens (including phenoxy) is 1. The topological polar surface area (TPSA) is 83.2 Å². The maximum absolute atomic E-state index is 13.2. The summed E-state index contributed by atoms with van der Waals surface area (Å²) in [5.74, 6) is 0.590. The Morgan fingerprint density at radius 1 is 1.27 bits per heavy atom. The molecular formula is C26H37N5O2. The van der Waals surface area contributed by atoms with Crippen LogP contribution in [0, 0.1) is 6.92 Å². The number of anilines is 1. The van der Waals surface area contributed by atoms with Gasteiger partial charge in [0.05, 0.1) is 13.2 Å². The van der Waals surface area contributed by atoms with Crippen LogP contribution in [-0.2, 0) is 0 Å². The maximum atomic E-state index is 13.2. The summed E-state index contributed by atoms with van der Waals surface area (Å²) in [4.78, 5) is 21.7. The molecule has 1 amide bonds. The summed E-state index contributed by atoms with van der Waals surface area (Å²) < 4.78 is 5.58. The van der Waals surface area contributed by atoms with Gasteiger partial charge in [0.15, 0.2) is 0 Å². The van der Waals surface area contributed by atoms with Gasteiger partial charge < -0.3 is 25.6 Å². The van der Waals surface area contributed by atoms with Crippen molar-refractivity contribution in [2.75, 3.05) is 46.2 Å². The fraction of sp³-hybridized carbons (Fsp3) is 0.385. The Kier molecular flexibility index (Phi) is 7.76. The third-order valence-corrected chi connectivity index (χ3v) is 6.26. The highest BCUT2D eigenvalue weighted by Crippen LogP contribution is 2.29. The van der Waals surface area contributed by atoms with E-state index in [1.165, 1.54) is 6.20 Å². The molecule has 1 atom stereocenters. The molecule has 1 aliphatic heterocycles. The number of likely N-dealkylation sites (N-methyl/N-ethyl adjacent to an activating group) is 1. The zero-order valence-corrected chi connectivity index (χ0v) is 20.4. The number of nitrogens with one attached hydrogen (secondary N) is 1. The molecular weight excluding hydrogens is 414 g/mol. The van der Waals surface area contributed by atoms with Crippen LogP contribution in [-0.4, -0.2) is 64.4 Å². The van der Waals surface area contributed by atoms with Crippen LogP contribution in [0.2, 0.25) is 0 Å². The Morgan fingerprint density at radius 2 is 2.00 bits per heavy atom. The van der Waals surface area contributed by atoms with Crippen molar-refractivity contribution in [1.82, 2.24) is 10.2 Å². The zero-order chi connectivity index (χ0) is 24.1. The smallest absolute Gasteiger partial charge is 0.252 e. The van der Waals surface area contributed by atoms with Crippen LogP contribution in [0.3, 0.4) is 0 Å². The number of nitrogens with two attached hydrogens (primary N) is 1. The van der Waals surface area contributed by atoms with E-state index in [9.17, 15) is 4.79 Å². The Bertz CT molecular complexity index is 1060. The van der Waals surface area contributed by atoms with E-state index in [4.69, 9.17) is 10.5 Å². The molecule has 0 saturated carbocycles. The first-order valence-corrected chi connectivity index (χ1v) is 11.1. The predicted molar refractivity (Wildman–Crippen MR) is 138 cm³/mol. The summed E-state index contributed by atoms with van der Waals surface area (Å²) in [6.45, 7) is 5.88. The van der Waals surface area contributed by atoms with Crippen molar-refractivity contribution in [3.8, 4) is 5.75 Å². The summed E-state index contributed by atoms with van der Waals surface area (Å²) >= 11 is 0. The maximum Gasteiger partial charge on any atom is 0.252 e. The van der Waals surface area contributed by atoms with Gasteiger partial charge in [-0.2, -0.15) is 0 Å². The first-order chi connectivity index (χ1) is 15.8. The molecule has 7 nitrogen and oxygen atoms in total. The molecule has 0 unspecified atom stereocenters. The van der Waals surface area contributed by atoms with Gasteiger partial charge in [0.1, 0.15) is 5.75 Å². The lowest BCUT2D eigenvalue weighted by molar-refractivity contribution is 0.0939. The van der Waals surface area contributed by atoms with Crippen molar-refractivity contribution < 1.29 is 11.0 Å². The first kappa shape index (κ1) is 24.3. The molecule has 1 aliphatic rings. The standard InChI is InChI=1S/C26H35N5O2.H2/c1-17-7-9-21(31-15-22(16-31)30(4)5)12-24(17)26(32)29-18(2)19-8-10-23(25(11-19)33-6)20(13-27)14-28-3;/h7-14,18,22H,15-16,27H2,1-6H3,(H,29,32);1H/b20-13+,28-14?;/t18-;/m1./s1. The third-order valence-electron chi connectivity index (χ3n) is 6.26. The Morgan fingerprint density at radius 3 is 2.61 bits per heavy atom. The molecule has 1 saturated heterocycles. The molecule has 2 aromatic rings. The number of nitrogens with zero attached hydrogens (tertiary/aromatic N) is 3. The van der Waals surface area contributed by atoms with E-state index in [1.54, 1.807) is 20.4 Å². The van der Waals surface area contributed by atoms with Crippen molar-refractivity contribution >= 4 is 23.4 Å². The van der Waals surface area contributed by atoms with Gasteiger partial charge in [-0.15, -0.1) is 0 Å². The van der Waals surface area contributed by atoms with Crippen LogP contribution in [0.15, 0.2) is 47.6 Å². The molecule has 3 N–H and O–H groups in total. The van der Waals surface area contributed by atoms with E-state index >= 15 is 0 Å². The number of aliphatic imine (C=N–C) groups is 1. The quantitative estimate of drug-likeness (QED) is 0.601. The molecule has 2 aromatic carbocycles. The van der Waals surface area contributed by atoms with Crippen molar-refractivity contribution in [3.63, 3.8) is 0 Å². The highest BCUT2D eigenvalue weighted by molar-refractivity contribution is 6.10. The average molecular weight is 452 g/mol. The fourth-order valence-corrected chi connectivity index (χ4v) is 3.96. The van der Waals surface area contributed by atoms with Crippen LogP contribution in [0.4, 0.5) is 5.69 Å². The highest BCUT2D eigenvalue weighted by Gasteiger charge is 2.29. The highest BCUT2D eigenvalue weighted by atomic mass is 16.5. The van der Waals surface area contributed by atoms with Crippen molar-refractivity contribution in [2.45, 2.75) is 25.9 Å². The van der Waals surface area contributed by atoms with Gasteiger partial charge in [-0.1, -0.05) is 18.2 Å². The predicted octanol–water partition coefficient (Wildman–Crippen LogP) is 3.49. The number of allylic oxidation sites excluding steroid dienone is 1. The van der Waals surface area contributed by atoms with Crippen molar-refractivity contribution in [3.05, 3.63) is 64.9 Å². The summed E-state index contributed by atoms with van der Waals surface area (Å²) in [5, 5.41) is 3.13. The summed E-state index contributed by atoms with van der Waals surface area (Å²) in [6, 6.07) is 12.3. The molecule has 0 radical (unpaired) electrons. The largest absolute Gasteiger partial charge is 0.496 e. The SMILES string of the molecule is CN=C/C(=C\N)c1ccc([C@@H](C)NC(=O)c2cc(N3CC(N(C)C)C3)ccc2C)cc1OC.[HH]. The van der Waals surface area contributed by atoms with Crippen LogP contribution >= 0.6 is 0 Å². The Balaban J connectivity index is 0.00000408. The number of hydrogen-bond donors (Lipinski definition) is 2. The van der Waals surface area contributed by atoms with E-state index in [1.807, 2.05) is 44.2 Å². The van der Waals surface area contributed by atoms with Gasteiger partial charge in [-0.3, -0.25) is 9.79 Å². The fourth-order valence-electron chi connectivity index (χ4n) is 3.96. The number of carbonyl (C=O) groups is 1. The summed E-state index contributed by atoms with van der Waals surface area (Å²) in [5.41, 5.74) is 11.1. The molecule has 1 fully saturated rings. The van der Waals surface area contributed by atoms with E-state index in [0.29, 0.717) is 17.4 Å². The molecule has 178 valence electrons. The van der Waals surface area contributed by atoms with Gasteiger partial charge in [0, 0.05) is 62.4 Å². The van der Waals surface area contributed by atoms with Crippen LogP contribution in [0.1, 0.15) is 41.4 Å². The number of hydrogen-bond acceptors (Lipinski definition) is 6. The van der Waals surface area contributed by atoms with Crippen LogP contribution in [0.25, 0.3) is 5.57 Å². The molecule has 3 rings (SSSR count). The molecule has 33 heavy (non-hydrogen) atoms. The van der Waals surface area contributed by atoms with Gasteiger partial charge >= 0.3 is 0 Å². The normalized spacial score (nSPS) is 15.6. The molecule has 7 heteroatoms. The zero-order valence-electron chi connectivity index (χ0n) is 20.4. The minimum atomic E-state index is -0.198. The molecule has 0 spiro atoms. The third kappa shape index (κ3) is 5.37. The second kappa shape index (κ2) is 10.5. The van der Waals surface area contributed by atoms with Crippen LogP contribution < -0.4 is 20.7 Å². The Hall–Kier alpha value is -3.32. The minimum Gasteiger partial charge on any atom is -0.496 e. The first-order valence-electron chi connectivity index (χ1n) is 11.1. The van der Waals surface area contributed by atoms with E-state index in [-0.39, 0.29) is 13.4 Å². The van der Waals surface area contributed by atoms with E-state index < -0.39 is 0 Å². The second-order valence-corrected chi connectivity index (χ2v) is 8.69. The number of methoxy groups -OCH3 is 1. The van der Waals surface area contributed by atoms with Crippen LogP contribution in [0.5, 0.6) is 5.75 Å². The van der Waals surface area contributed by atoms with E-state index in [2.05, 4.69) is 40.3 Å². The number of rotatable bonds is 8. The molecule has 0 bridgehead atoms. The number of carbonyl (C=O) groups excluding carboxylic acids is 1. The molecule has 0 aromatic heterocycles. The van der Waals surface area contributed by atoms with Crippen molar-refractivity contribution in [2.24, 2.45) is 10.7 Å². The average Bonchev–Trinajstić information content (AvgIpc) is 2.76.